The van der Waals surface area contributed by atoms with E-state index < -0.39 is 147 Å². The summed E-state index contributed by atoms with van der Waals surface area (Å²) in [6.45, 7) is 16.2. The number of Topliss-reactive ketones (excluding diaryl/α,β-unsaturated/α-hetero) is 2. The first-order valence-electron chi connectivity index (χ1n) is 36.0. The smallest absolute Gasteiger partial charge is 0.448 e. The van der Waals surface area contributed by atoms with Gasteiger partial charge < -0.3 is 33.5 Å². The molecule has 0 saturated heterocycles. The average Bonchev–Trinajstić information content (AvgIpc) is 1.67. The highest BCUT2D eigenvalue weighted by Gasteiger charge is 2.49. The number of esters is 6. The minimum absolute atomic E-state index is 0.000505. The average molecular weight is 1580 g/mol. The Balaban J connectivity index is 0.836. The molecular formula is C86H88N2O23P2. The van der Waals surface area contributed by atoms with Gasteiger partial charge in [-0.05, 0) is 136 Å². The number of hydrogen-bond donors (Lipinski definition) is 1. The van der Waals surface area contributed by atoms with Crippen LogP contribution in [0.25, 0.3) is 0 Å². The van der Waals surface area contributed by atoms with Crippen LogP contribution >= 0.6 is 15.6 Å². The van der Waals surface area contributed by atoms with E-state index in [1.165, 1.54) is 48.5 Å². The van der Waals surface area contributed by atoms with E-state index in [2.05, 4.69) is 0 Å². The number of aliphatic hydroxyl groups excluding tert-OH is 1. The van der Waals surface area contributed by atoms with Crippen molar-refractivity contribution >= 4 is 63.0 Å². The number of carbonyl (C=O) groups is 8. The van der Waals surface area contributed by atoms with Crippen LogP contribution in [0.1, 0.15) is 143 Å². The predicted octanol–water partition coefficient (Wildman–Crippen LogP) is 16.5. The Bertz CT molecular complexity index is 4860. The molecule has 4 aromatic rings. The van der Waals surface area contributed by atoms with Crippen LogP contribution in [0.15, 0.2) is 274 Å². The van der Waals surface area contributed by atoms with Crippen molar-refractivity contribution in [3.8, 4) is 12.1 Å². The van der Waals surface area contributed by atoms with E-state index in [0.717, 1.165) is 27.9 Å². The van der Waals surface area contributed by atoms with Crippen LogP contribution in [0.3, 0.4) is 0 Å². The molecule has 4 unspecified atom stereocenters. The van der Waals surface area contributed by atoms with Crippen LogP contribution in [-0.4, -0.2) is 109 Å². The molecule has 0 spiro atoms. The molecule has 27 heteroatoms. The standard InChI is InChI=1S/C86H88N2O23P2/c1-56(31-25-33-58(3)43-45-66-60(5)72(90)70(53-85(66,7)8)110-112(98,100-50-27-48-87)102-52-47-69-75(106-79(92)62-35-15-11-16-36-62)77(83(96)104-69)108-81(94)64-39-19-13-20-40-64)29-23-24-30-57(2)32-26-34-59(4)44-46-67-61(6)73(91)71(54-86(67,9)10)111-113(99,101-51-28-49-88)103-55-68(89)74-76(107-80(93)63-37-17-12-18-38-63)78(84(97)105-74)109-82(95)65-41-21-14-22-42-65/h11-26,29-46,68-71,74,89H,27-28,47,50-55H2,1-10H3/b24-23+,31-25+,32-26+,45-43+,46-44+,56-29+,57-30+,58-33+,59-34+/t68-,69+,70?,71?,74+,112?,113?/m0/s1. The molecule has 4 aromatic carbocycles. The number of carbonyl (C=O) groups excluding carboxylic acids is 8. The summed E-state index contributed by atoms with van der Waals surface area (Å²) in [6.07, 6.45) is 18.1. The number of ketones is 2. The van der Waals surface area contributed by atoms with Crippen molar-refractivity contribution in [2.75, 3.05) is 26.4 Å². The van der Waals surface area contributed by atoms with Crippen molar-refractivity contribution < 1.29 is 108 Å². The maximum Gasteiger partial charge on any atom is 0.475 e. The molecule has 0 radical (unpaired) electrons. The summed E-state index contributed by atoms with van der Waals surface area (Å²) in [7, 11) is -9.50. The van der Waals surface area contributed by atoms with Crippen molar-refractivity contribution in [1.82, 2.24) is 0 Å². The number of ether oxygens (including phenoxy) is 6. The highest BCUT2D eigenvalue weighted by atomic mass is 31.2. The minimum atomic E-state index is -4.84. The Morgan fingerprint density at radius 3 is 1.25 bits per heavy atom. The Morgan fingerprint density at radius 1 is 0.496 bits per heavy atom. The van der Waals surface area contributed by atoms with Gasteiger partial charge >= 0.3 is 51.5 Å². The van der Waals surface area contributed by atoms with Gasteiger partial charge in [-0.2, -0.15) is 10.5 Å². The molecule has 2 heterocycles. The quantitative estimate of drug-likeness (QED) is 0.0145. The van der Waals surface area contributed by atoms with Gasteiger partial charge in [0.05, 0.1) is 73.7 Å². The highest BCUT2D eigenvalue weighted by Crippen LogP contribution is 2.56. The maximum absolute atomic E-state index is 14.4. The number of rotatable bonds is 36. The number of phosphoric acid groups is 2. The second-order valence-electron chi connectivity index (χ2n) is 27.6. The molecule has 1 N–H and O–H groups in total. The van der Waals surface area contributed by atoms with E-state index in [9.17, 15) is 63.1 Å². The summed E-state index contributed by atoms with van der Waals surface area (Å²) < 4.78 is 95.7. The van der Waals surface area contributed by atoms with Crippen molar-refractivity contribution in [2.24, 2.45) is 10.8 Å². The second kappa shape index (κ2) is 40.8. The van der Waals surface area contributed by atoms with Crippen LogP contribution in [0.4, 0.5) is 0 Å². The van der Waals surface area contributed by atoms with Gasteiger partial charge in [-0.1, -0.05) is 208 Å². The lowest BCUT2D eigenvalue weighted by Crippen LogP contribution is -2.38. The van der Waals surface area contributed by atoms with Crippen molar-refractivity contribution in [2.45, 2.75) is 132 Å². The molecule has 0 bridgehead atoms. The van der Waals surface area contributed by atoms with Crippen molar-refractivity contribution in [1.29, 1.82) is 10.5 Å². The van der Waals surface area contributed by atoms with E-state index in [0.29, 0.717) is 16.7 Å². The third-order valence-electron chi connectivity index (χ3n) is 17.8. The van der Waals surface area contributed by atoms with Crippen LogP contribution < -0.4 is 0 Å². The lowest BCUT2D eigenvalue weighted by Gasteiger charge is -2.37. The second-order valence-corrected chi connectivity index (χ2v) is 30.8. The largest absolute Gasteiger partial charge is 0.475 e. The SMILES string of the molecule is CC1=C(/C=C/C(C)=C/C=C/C(C)=C/C=C/C=C(C)/C=C/C=C(C)/C=C/C2=C(C)C(=O)C(OP(=O)(OCCC#N)OC[C@H](O)[C@H]3OC(=O)C(OC(=O)c4ccccc4)=C3OC(=O)c3ccccc3)CC2(C)C)C(C)(C)CC(OP(=O)(OCCC#N)OCC[C@H]2OC(=O)C(OC(=O)c3ccccc3)=C2OC(=O)c2ccccc2)C1=O. The first-order chi connectivity index (χ1) is 53.8. The van der Waals surface area contributed by atoms with Gasteiger partial charge in [-0.3, -0.25) is 36.7 Å². The molecule has 25 nitrogen and oxygen atoms in total. The monoisotopic (exact) mass is 1580 g/mol. The van der Waals surface area contributed by atoms with Gasteiger partial charge in [0, 0.05) is 6.42 Å². The Hall–Kier alpha value is -11.2. The van der Waals surface area contributed by atoms with E-state index in [-0.39, 0.29) is 61.0 Å². The Morgan fingerprint density at radius 2 is 0.841 bits per heavy atom. The zero-order chi connectivity index (χ0) is 82.0. The lowest BCUT2D eigenvalue weighted by atomic mass is 9.71. The van der Waals surface area contributed by atoms with E-state index in [1.54, 1.807) is 86.6 Å². The van der Waals surface area contributed by atoms with Crippen molar-refractivity contribution in [3.05, 3.63) is 296 Å². The van der Waals surface area contributed by atoms with Gasteiger partial charge in [0.1, 0.15) is 18.3 Å². The predicted molar refractivity (Wildman–Crippen MR) is 414 cm³/mol. The third kappa shape index (κ3) is 24.9. The molecule has 2 aliphatic carbocycles. The number of hydrogen-bond acceptors (Lipinski definition) is 25. The maximum atomic E-state index is 14.4. The molecule has 0 aromatic heterocycles. The number of cyclic esters (lactones) is 2. The van der Waals surface area contributed by atoms with Crippen LogP contribution in [-0.2, 0) is 83.9 Å². The third-order valence-corrected chi connectivity index (χ3v) is 20.8. The molecule has 8 rings (SSSR count). The summed E-state index contributed by atoms with van der Waals surface area (Å²) >= 11 is 0. The van der Waals surface area contributed by atoms with Crippen molar-refractivity contribution in [3.63, 3.8) is 0 Å². The number of aliphatic hydroxyl groups is 1. The minimum Gasteiger partial charge on any atom is -0.448 e. The molecule has 7 atom stereocenters. The fourth-order valence-electron chi connectivity index (χ4n) is 11.9. The molecular weight excluding hydrogens is 1490 g/mol. The summed E-state index contributed by atoms with van der Waals surface area (Å²) in [6, 6.07) is 34.6. The number of nitrogens with zero attached hydrogens (tertiary/aromatic N) is 2. The molecule has 113 heavy (non-hydrogen) atoms. The Kier molecular flexibility index (Phi) is 31.6. The molecule has 0 fully saturated rings. The van der Waals surface area contributed by atoms with Crippen LogP contribution in [0, 0.1) is 33.5 Å². The van der Waals surface area contributed by atoms with E-state index in [4.69, 9.17) is 55.6 Å². The number of nitriles is 2. The summed E-state index contributed by atoms with van der Waals surface area (Å²) in [5.41, 5.74) is 4.54. The van der Waals surface area contributed by atoms with Gasteiger partial charge in [0.15, 0.2) is 29.5 Å². The zero-order valence-corrected chi connectivity index (χ0v) is 65.9. The first-order valence-corrected chi connectivity index (χ1v) is 38.9. The van der Waals surface area contributed by atoms with Gasteiger partial charge in [-0.15, -0.1) is 0 Å². The molecule has 0 saturated carbocycles. The van der Waals surface area contributed by atoms with Gasteiger partial charge in [0.2, 0.25) is 5.76 Å². The highest BCUT2D eigenvalue weighted by molar-refractivity contribution is 7.48. The number of benzene rings is 4. The van der Waals surface area contributed by atoms with Crippen LogP contribution in [0.5, 0.6) is 0 Å². The zero-order valence-electron chi connectivity index (χ0n) is 64.1. The number of allylic oxidation sites excluding steroid dienone is 20. The first kappa shape index (κ1) is 87.4. The van der Waals surface area contributed by atoms with Crippen LogP contribution in [0.2, 0.25) is 0 Å². The topological polar surface area (TPSA) is 349 Å². The normalized spacial score (nSPS) is 20.4. The molecule has 2 aliphatic heterocycles. The fourth-order valence-corrected chi connectivity index (χ4v) is 14.5. The lowest BCUT2D eigenvalue weighted by molar-refractivity contribution is -0.148. The summed E-state index contributed by atoms with van der Waals surface area (Å²) in [5, 5.41) is 30.1. The van der Waals surface area contributed by atoms with Gasteiger partial charge in [-0.25, -0.2) is 37.9 Å². The molecule has 590 valence electrons. The summed E-state index contributed by atoms with van der Waals surface area (Å²) in [4.78, 5) is 107. The summed E-state index contributed by atoms with van der Waals surface area (Å²) in [5.74, 6) is -9.80. The van der Waals surface area contributed by atoms with E-state index >= 15 is 0 Å². The fraction of sp³-hybridized carbons (Fsp3) is 0.302. The number of phosphoric ester groups is 2. The Labute approximate surface area is 656 Å². The molecule has 4 aliphatic rings. The van der Waals surface area contributed by atoms with E-state index in [1.807, 2.05) is 153 Å². The van der Waals surface area contributed by atoms with Gasteiger partial charge in [0.25, 0.3) is 11.5 Å². The molecule has 0 amide bonds.